The van der Waals surface area contributed by atoms with Crippen molar-refractivity contribution < 1.29 is 4.79 Å². The van der Waals surface area contributed by atoms with E-state index in [4.69, 9.17) is 5.73 Å². The molecule has 0 aliphatic carbocycles. The fraction of sp³-hybridized carbons (Fsp3) is 0. The fourth-order valence-electron chi connectivity index (χ4n) is 1.52. The van der Waals surface area contributed by atoms with Gasteiger partial charge in [0.2, 0.25) is 5.96 Å². The maximum Gasteiger partial charge on any atom is 0.274 e. The first kappa shape index (κ1) is 12.5. The standard InChI is InChI=1S/C12H12N6O/c1-14-18-12(13)17-11(19)10-6-9(7-16-10)8-2-4-15-5-3-8/h2-7,16H,1H2,(H3,13,17,18,19). The maximum atomic E-state index is 11.8. The van der Waals surface area contributed by atoms with Gasteiger partial charge in [0, 0.05) is 30.9 Å². The Labute approximate surface area is 109 Å². The fourth-order valence-corrected chi connectivity index (χ4v) is 1.52. The zero-order valence-electron chi connectivity index (χ0n) is 10.00. The van der Waals surface area contributed by atoms with Gasteiger partial charge < -0.3 is 10.7 Å². The molecule has 0 aliphatic rings. The molecule has 0 saturated heterocycles. The van der Waals surface area contributed by atoms with Crippen molar-refractivity contribution in [2.75, 3.05) is 0 Å². The van der Waals surface area contributed by atoms with Crippen LogP contribution in [0.1, 0.15) is 10.5 Å². The number of pyridine rings is 1. The first-order chi connectivity index (χ1) is 9.20. The van der Waals surface area contributed by atoms with Gasteiger partial charge in [0.05, 0.1) is 0 Å². The highest BCUT2D eigenvalue weighted by Gasteiger charge is 2.10. The zero-order valence-corrected chi connectivity index (χ0v) is 10.00. The van der Waals surface area contributed by atoms with E-state index >= 15 is 0 Å². The number of H-pyrrole nitrogens is 1. The summed E-state index contributed by atoms with van der Waals surface area (Å²) in [6.07, 6.45) is 5.09. The summed E-state index contributed by atoms with van der Waals surface area (Å²) in [6, 6.07) is 5.41. The van der Waals surface area contributed by atoms with Crippen LogP contribution in [0.5, 0.6) is 0 Å². The lowest BCUT2D eigenvalue weighted by atomic mass is 10.1. The number of carbonyl (C=O) groups is 1. The third kappa shape index (κ3) is 3.03. The second kappa shape index (κ2) is 5.58. The Hall–Kier alpha value is -2.96. The summed E-state index contributed by atoms with van der Waals surface area (Å²) in [5, 5.41) is 9.00. The van der Waals surface area contributed by atoms with Gasteiger partial charge in [0.1, 0.15) is 5.69 Å². The molecule has 7 heteroatoms. The molecule has 0 radical (unpaired) electrons. The number of rotatable bonds is 3. The first-order valence-corrected chi connectivity index (χ1v) is 5.40. The van der Waals surface area contributed by atoms with Gasteiger partial charge in [-0.05, 0) is 23.8 Å². The van der Waals surface area contributed by atoms with Crippen molar-refractivity contribution >= 4 is 18.6 Å². The molecule has 19 heavy (non-hydrogen) atoms. The van der Waals surface area contributed by atoms with Crippen LogP contribution < -0.4 is 11.1 Å². The quantitative estimate of drug-likeness (QED) is 0.428. The van der Waals surface area contributed by atoms with Crippen LogP contribution in [0.25, 0.3) is 11.1 Å². The first-order valence-electron chi connectivity index (χ1n) is 5.40. The lowest BCUT2D eigenvalue weighted by Gasteiger charge is -1.99. The number of aromatic amines is 1. The highest BCUT2D eigenvalue weighted by Crippen LogP contribution is 2.18. The number of hydrogen-bond donors (Lipinski definition) is 3. The van der Waals surface area contributed by atoms with Crippen LogP contribution in [0.4, 0.5) is 0 Å². The Morgan fingerprint density at radius 3 is 2.79 bits per heavy atom. The van der Waals surface area contributed by atoms with Crippen LogP contribution in [-0.2, 0) is 0 Å². The van der Waals surface area contributed by atoms with E-state index < -0.39 is 5.91 Å². The molecule has 7 nitrogen and oxygen atoms in total. The van der Waals surface area contributed by atoms with Gasteiger partial charge in [-0.3, -0.25) is 15.1 Å². The Kier molecular flexibility index (Phi) is 3.67. The van der Waals surface area contributed by atoms with Gasteiger partial charge in [0.25, 0.3) is 5.91 Å². The molecule has 2 aromatic rings. The number of guanidine groups is 1. The van der Waals surface area contributed by atoms with Crippen LogP contribution in [0, 0.1) is 0 Å². The molecule has 96 valence electrons. The smallest absolute Gasteiger partial charge is 0.274 e. The second-order valence-corrected chi connectivity index (χ2v) is 3.62. The lowest BCUT2D eigenvalue weighted by molar-refractivity contribution is 0.0972. The number of amides is 1. The highest BCUT2D eigenvalue weighted by molar-refractivity contribution is 6.04. The Morgan fingerprint density at radius 2 is 2.11 bits per heavy atom. The molecule has 0 saturated carbocycles. The minimum Gasteiger partial charge on any atom is -0.368 e. The van der Waals surface area contributed by atoms with E-state index in [1.54, 1.807) is 24.7 Å². The molecular formula is C12H12N6O. The number of nitrogens with one attached hydrogen (secondary N) is 2. The molecule has 0 unspecified atom stereocenters. The Morgan fingerprint density at radius 1 is 1.37 bits per heavy atom. The molecule has 0 aliphatic heterocycles. The van der Waals surface area contributed by atoms with Crippen LogP contribution in [0.3, 0.4) is 0 Å². The Bertz CT molecular complexity index is 616. The van der Waals surface area contributed by atoms with Gasteiger partial charge in [-0.25, -0.2) is 0 Å². The maximum absolute atomic E-state index is 11.8. The van der Waals surface area contributed by atoms with E-state index in [0.29, 0.717) is 5.69 Å². The predicted octanol–water partition coefficient (Wildman–Crippen LogP) is 0.737. The molecule has 2 rings (SSSR count). The topological polar surface area (TPSA) is 109 Å². The molecule has 0 atom stereocenters. The van der Waals surface area contributed by atoms with Crippen LogP contribution in [-0.4, -0.2) is 28.6 Å². The van der Waals surface area contributed by atoms with E-state index in [9.17, 15) is 4.79 Å². The van der Waals surface area contributed by atoms with E-state index in [1.807, 2.05) is 12.1 Å². The van der Waals surface area contributed by atoms with Crippen molar-refractivity contribution in [3.8, 4) is 11.1 Å². The summed E-state index contributed by atoms with van der Waals surface area (Å²) in [5.74, 6) is -0.509. The van der Waals surface area contributed by atoms with E-state index in [2.05, 4.69) is 32.2 Å². The van der Waals surface area contributed by atoms with Gasteiger partial charge in [-0.1, -0.05) is 0 Å². The number of aromatic nitrogens is 2. The largest absolute Gasteiger partial charge is 0.368 e. The molecule has 0 fully saturated rings. The summed E-state index contributed by atoms with van der Waals surface area (Å²) in [5.41, 5.74) is 7.61. The highest BCUT2D eigenvalue weighted by atomic mass is 16.2. The predicted molar refractivity (Wildman–Crippen MR) is 72.7 cm³/mol. The molecular weight excluding hydrogens is 244 g/mol. The normalized spacial score (nSPS) is 11.1. The second-order valence-electron chi connectivity index (χ2n) is 3.62. The number of nitrogens with two attached hydrogens (primary N) is 1. The number of hydrogen-bond acceptors (Lipinski definition) is 4. The monoisotopic (exact) mass is 256 g/mol. The van der Waals surface area contributed by atoms with E-state index in [0.717, 1.165) is 11.1 Å². The molecule has 0 aromatic carbocycles. The van der Waals surface area contributed by atoms with Crippen LogP contribution >= 0.6 is 0 Å². The third-order valence-electron chi connectivity index (χ3n) is 2.36. The number of nitrogens with zero attached hydrogens (tertiary/aromatic N) is 3. The minimum atomic E-state index is -0.398. The van der Waals surface area contributed by atoms with Crippen molar-refractivity contribution in [1.82, 2.24) is 15.3 Å². The molecule has 2 aromatic heterocycles. The van der Waals surface area contributed by atoms with Crippen LogP contribution in [0.15, 0.2) is 47.0 Å². The molecule has 0 bridgehead atoms. The molecule has 1 amide bonds. The van der Waals surface area contributed by atoms with Crippen molar-refractivity contribution in [2.45, 2.75) is 0 Å². The summed E-state index contributed by atoms with van der Waals surface area (Å²) < 4.78 is 0. The summed E-state index contributed by atoms with van der Waals surface area (Å²) in [7, 11) is 0. The van der Waals surface area contributed by atoms with Crippen molar-refractivity contribution in [3.63, 3.8) is 0 Å². The third-order valence-corrected chi connectivity index (χ3v) is 2.36. The average molecular weight is 256 g/mol. The SMILES string of the molecule is C=N/N=C(\N)NC(=O)c1cc(-c2ccncc2)c[nH]1. The van der Waals surface area contributed by atoms with Crippen molar-refractivity contribution in [1.29, 1.82) is 0 Å². The van der Waals surface area contributed by atoms with Crippen molar-refractivity contribution in [2.24, 2.45) is 15.9 Å². The van der Waals surface area contributed by atoms with E-state index in [1.165, 1.54) is 0 Å². The van der Waals surface area contributed by atoms with Gasteiger partial charge in [-0.15, -0.1) is 5.10 Å². The zero-order chi connectivity index (χ0) is 13.7. The van der Waals surface area contributed by atoms with Gasteiger partial charge in [0.15, 0.2) is 0 Å². The van der Waals surface area contributed by atoms with Gasteiger partial charge >= 0.3 is 0 Å². The summed E-state index contributed by atoms with van der Waals surface area (Å²) in [6.45, 7) is 3.14. The number of carbonyl (C=O) groups excluding carboxylic acids is 1. The van der Waals surface area contributed by atoms with Crippen molar-refractivity contribution in [3.05, 3.63) is 42.5 Å². The molecule has 4 N–H and O–H groups in total. The lowest BCUT2D eigenvalue weighted by Crippen LogP contribution is -2.36. The molecule has 2 heterocycles. The van der Waals surface area contributed by atoms with Gasteiger partial charge in [-0.2, -0.15) is 5.10 Å². The summed E-state index contributed by atoms with van der Waals surface area (Å²) in [4.78, 5) is 18.6. The van der Waals surface area contributed by atoms with E-state index in [-0.39, 0.29) is 5.96 Å². The molecule has 0 spiro atoms. The Balaban J connectivity index is 2.15. The van der Waals surface area contributed by atoms with Crippen LogP contribution in [0.2, 0.25) is 0 Å². The summed E-state index contributed by atoms with van der Waals surface area (Å²) >= 11 is 0. The average Bonchev–Trinajstić information content (AvgIpc) is 2.89. The minimum absolute atomic E-state index is 0.111.